The number of halogens is 3. The molecule has 26 heavy (non-hydrogen) atoms. The van der Waals surface area contributed by atoms with Crippen molar-refractivity contribution in [3.8, 4) is 6.07 Å². The zero-order valence-corrected chi connectivity index (χ0v) is 14.7. The number of rotatable bonds is 2. The van der Waals surface area contributed by atoms with Gasteiger partial charge in [-0.25, -0.2) is 13.4 Å². The van der Waals surface area contributed by atoms with E-state index < -0.39 is 27.5 Å². The highest BCUT2D eigenvalue weighted by Gasteiger charge is 2.57. The first kappa shape index (κ1) is 19.1. The van der Waals surface area contributed by atoms with Crippen LogP contribution >= 0.6 is 0 Å². The van der Waals surface area contributed by atoms with E-state index in [2.05, 4.69) is 4.98 Å². The maximum absolute atomic E-state index is 13.6. The van der Waals surface area contributed by atoms with Gasteiger partial charge in [0.15, 0.2) is 5.69 Å². The number of aromatic nitrogens is 1. The lowest BCUT2D eigenvalue weighted by atomic mass is 9.66. The lowest BCUT2D eigenvalue weighted by Crippen LogP contribution is -2.56. The molecule has 0 aromatic carbocycles. The normalized spacial score (nSPS) is 24.3. The summed E-state index contributed by atoms with van der Waals surface area (Å²) in [5.74, 6) is -1.56. The second kappa shape index (κ2) is 6.79. The Bertz CT molecular complexity index is 814. The van der Waals surface area contributed by atoms with Gasteiger partial charge in [0, 0.05) is 37.9 Å². The zero-order valence-electron chi connectivity index (χ0n) is 13.9. The average Bonchev–Trinajstić information content (AvgIpc) is 2.61. The highest BCUT2D eigenvalue weighted by Crippen LogP contribution is 2.51. The predicted molar refractivity (Wildman–Crippen MR) is 84.4 cm³/mol. The van der Waals surface area contributed by atoms with Crippen LogP contribution in [0, 0.1) is 22.7 Å². The third-order valence-corrected chi connectivity index (χ3v) is 7.15. The Labute approximate surface area is 149 Å². The van der Waals surface area contributed by atoms with E-state index in [4.69, 9.17) is 10.00 Å². The Morgan fingerprint density at radius 1 is 1.35 bits per heavy atom. The van der Waals surface area contributed by atoms with E-state index in [1.807, 2.05) is 0 Å². The van der Waals surface area contributed by atoms with Gasteiger partial charge < -0.3 is 4.74 Å². The molecule has 1 aromatic heterocycles. The lowest BCUT2D eigenvalue weighted by molar-refractivity contribution is -0.231. The summed E-state index contributed by atoms with van der Waals surface area (Å²) in [6, 6.07) is 4.37. The molecule has 142 valence electrons. The molecule has 3 heterocycles. The van der Waals surface area contributed by atoms with E-state index in [-0.39, 0.29) is 56.2 Å². The molecule has 2 aliphatic heterocycles. The highest BCUT2D eigenvalue weighted by molar-refractivity contribution is 7.89. The molecule has 1 aromatic rings. The Morgan fingerprint density at radius 2 is 2.04 bits per heavy atom. The number of ether oxygens (including phenoxy) is 1. The summed E-state index contributed by atoms with van der Waals surface area (Å²) < 4.78 is 72.9. The fraction of sp³-hybridized carbons (Fsp3) is 0.625. The second-order valence-electron chi connectivity index (χ2n) is 6.66. The first-order valence-electron chi connectivity index (χ1n) is 8.20. The molecule has 1 spiro atoms. The van der Waals surface area contributed by atoms with Crippen LogP contribution in [0.1, 0.15) is 25.0 Å². The molecule has 0 amide bonds. The summed E-state index contributed by atoms with van der Waals surface area (Å²) in [6.07, 6.45) is -3.08. The summed E-state index contributed by atoms with van der Waals surface area (Å²) >= 11 is 0. The van der Waals surface area contributed by atoms with Gasteiger partial charge in [-0.05, 0) is 31.4 Å². The molecule has 2 saturated heterocycles. The number of hydrogen-bond donors (Lipinski definition) is 0. The van der Waals surface area contributed by atoms with Crippen molar-refractivity contribution in [3.63, 3.8) is 0 Å². The van der Waals surface area contributed by atoms with Crippen LogP contribution in [0.2, 0.25) is 0 Å². The largest absolute Gasteiger partial charge is 0.392 e. The van der Waals surface area contributed by atoms with Gasteiger partial charge in [-0.3, -0.25) is 0 Å². The van der Waals surface area contributed by atoms with Gasteiger partial charge in [0.25, 0.3) is 0 Å². The number of nitriles is 1. The van der Waals surface area contributed by atoms with Crippen molar-refractivity contribution in [2.45, 2.75) is 30.3 Å². The summed E-state index contributed by atoms with van der Waals surface area (Å²) in [6.45, 7) is -0.120. The molecule has 10 heteroatoms. The van der Waals surface area contributed by atoms with Crippen LogP contribution in [-0.2, 0) is 14.8 Å². The molecule has 1 atom stereocenters. The van der Waals surface area contributed by atoms with E-state index in [9.17, 15) is 21.6 Å². The van der Waals surface area contributed by atoms with Crippen LogP contribution in [0.4, 0.5) is 13.2 Å². The number of nitrogens with zero attached hydrogens (tertiary/aromatic N) is 3. The van der Waals surface area contributed by atoms with Crippen LogP contribution in [0.25, 0.3) is 0 Å². The minimum Gasteiger partial charge on any atom is -0.381 e. The van der Waals surface area contributed by atoms with E-state index in [0.29, 0.717) is 0 Å². The van der Waals surface area contributed by atoms with E-state index in [1.165, 1.54) is 18.3 Å². The first-order chi connectivity index (χ1) is 12.2. The average molecular weight is 389 g/mol. The molecular weight excluding hydrogens is 371 g/mol. The smallest absolute Gasteiger partial charge is 0.381 e. The fourth-order valence-corrected chi connectivity index (χ4v) is 5.59. The highest BCUT2D eigenvalue weighted by atomic mass is 32.2. The topological polar surface area (TPSA) is 83.3 Å². The Morgan fingerprint density at radius 3 is 2.65 bits per heavy atom. The van der Waals surface area contributed by atoms with Gasteiger partial charge in [0.2, 0.25) is 10.0 Å². The lowest BCUT2D eigenvalue weighted by Gasteiger charge is -2.50. The number of hydrogen-bond acceptors (Lipinski definition) is 5. The summed E-state index contributed by atoms with van der Waals surface area (Å²) in [4.78, 5) is 3.48. The molecule has 0 N–H and O–H groups in total. The number of sulfonamides is 1. The Hall–Kier alpha value is -1.70. The summed E-state index contributed by atoms with van der Waals surface area (Å²) in [7, 11) is -4.11. The summed E-state index contributed by atoms with van der Waals surface area (Å²) in [5.41, 5.74) is -1.46. The molecule has 0 radical (unpaired) electrons. The molecule has 3 rings (SSSR count). The maximum Gasteiger partial charge on any atom is 0.392 e. The Balaban J connectivity index is 1.97. The van der Waals surface area contributed by atoms with Crippen molar-refractivity contribution < 1.29 is 26.3 Å². The third-order valence-electron chi connectivity index (χ3n) is 5.28. The van der Waals surface area contributed by atoms with Crippen molar-refractivity contribution in [1.29, 1.82) is 5.26 Å². The van der Waals surface area contributed by atoms with Crippen molar-refractivity contribution >= 4 is 10.0 Å². The molecule has 0 aliphatic carbocycles. The van der Waals surface area contributed by atoms with Crippen LogP contribution < -0.4 is 0 Å². The molecule has 0 saturated carbocycles. The minimum atomic E-state index is -4.39. The van der Waals surface area contributed by atoms with Gasteiger partial charge in [-0.15, -0.1) is 0 Å². The van der Waals surface area contributed by atoms with Gasteiger partial charge >= 0.3 is 6.18 Å². The van der Waals surface area contributed by atoms with Gasteiger partial charge in [0.05, 0.1) is 5.92 Å². The van der Waals surface area contributed by atoms with Gasteiger partial charge in [0.1, 0.15) is 11.0 Å². The van der Waals surface area contributed by atoms with Crippen molar-refractivity contribution in [2.75, 3.05) is 26.3 Å². The van der Waals surface area contributed by atoms with Crippen LogP contribution in [0.3, 0.4) is 0 Å². The maximum atomic E-state index is 13.6. The monoisotopic (exact) mass is 389 g/mol. The molecule has 6 nitrogen and oxygen atoms in total. The molecule has 0 unspecified atom stereocenters. The minimum absolute atomic E-state index is 0.154. The standard InChI is InChI=1S/C16H18F3N3O3S/c17-16(18,19)14-3-7-22(11-15(14)4-8-25-9-5-15)26(23,24)13-2-1-6-21-12(13)10-20/h1-2,6,14H,3-5,7-9,11H2/t14-/m0/s1. The number of piperidine rings is 1. The third kappa shape index (κ3) is 3.31. The zero-order chi connectivity index (χ0) is 19.0. The molecule has 0 bridgehead atoms. The Kier molecular flexibility index (Phi) is 4.98. The van der Waals surface area contributed by atoms with Crippen LogP contribution in [-0.4, -0.2) is 50.2 Å². The van der Waals surface area contributed by atoms with E-state index in [0.717, 1.165) is 4.31 Å². The van der Waals surface area contributed by atoms with Crippen LogP contribution in [0.5, 0.6) is 0 Å². The van der Waals surface area contributed by atoms with E-state index >= 15 is 0 Å². The predicted octanol–water partition coefficient (Wildman–Crippen LogP) is 2.32. The first-order valence-corrected chi connectivity index (χ1v) is 9.64. The molecule has 2 fully saturated rings. The SMILES string of the molecule is N#Cc1ncccc1S(=O)(=O)N1CC[C@H](C(F)(F)F)C2(CCOCC2)C1. The molecular formula is C16H18F3N3O3S. The molecule has 2 aliphatic rings. The van der Waals surface area contributed by atoms with Gasteiger partial charge in [-0.2, -0.15) is 22.7 Å². The van der Waals surface area contributed by atoms with Crippen molar-refractivity contribution in [3.05, 3.63) is 24.0 Å². The van der Waals surface area contributed by atoms with Gasteiger partial charge in [-0.1, -0.05) is 0 Å². The second-order valence-corrected chi connectivity index (χ2v) is 8.56. The van der Waals surface area contributed by atoms with Crippen molar-refractivity contribution in [1.82, 2.24) is 9.29 Å². The van der Waals surface area contributed by atoms with Crippen LogP contribution in [0.15, 0.2) is 23.2 Å². The number of alkyl halides is 3. The number of pyridine rings is 1. The fourth-order valence-electron chi connectivity index (χ4n) is 3.94. The van der Waals surface area contributed by atoms with Crippen molar-refractivity contribution in [2.24, 2.45) is 11.3 Å². The summed E-state index contributed by atoms with van der Waals surface area (Å²) in [5, 5.41) is 9.11. The van der Waals surface area contributed by atoms with E-state index in [1.54, 1.807) is 6.07 Å². The quantitative estimate of drug-likeness (QED) is 0.775.